The third-order valence-corrected chi connectivity index (χ3v) is 4.69. The van der Waals surface area contributed by atoms with Crippen molar-refractivity contribution in [3.05, 3.63) is 63.0 Å². The molecular weight excluding hydrogens is 372 g/mol. The number of nitro benzene ring substituents is 1. The van der Waals surface area contributed by atoms with Crippen LogP contribution in [0.2, 0.25) is 0 Å². The molecule has 2 aromatic rings. The highest BCUT2D eigenvalue weighted by atomic mass is 32.2. The molecule has 1 aliphatic rings. The quantitative estimate of drug-likeness (QED) is 0.437. The van der Waals surface area contributed by atoms with Crippen LogP contribution in [0.15, 0.2) is 47.4 Å². The van der Waals surface area contributed by atoms with Gasteiger partial charge < -0.3 is 9.47 Å². The van der Waals surface area contributed by atoms with Gasteiger partial charge >= 0.3 is 5.69 Å². The molecule has 0 atom stereocenters. The van der Waals surface area contributed by atoms with Crippen LogP contribution in [-0.4, -0.2) is 30.3 Å². The maximum atomic E-state index is 12.7. The smallest absolute Gasteiger partial charge is 0.311 e. The lowest BCUT2D eigenvalue weighted by Gasteiger charge is -2.12. The molecule has 2 aromatic carbocycles. The van der Waals surface area contributed by atoms with Crippen molar-refractivity contribution < 1.29 is 24.0 Å². The van der Waals surface area contributed by atoms with E-state index in [1.165, 1.54) is 32.4 Å². The Bertz CT molecular complexity index is 958. The number of nitrogens with zero attached hydrogens (tertiary/aromatic N) is 2. The van der Waals surface area contributed by atoms with Crippen LogP contribution in [0, 0.1) is 10.1 Å². The Hall–Kier alpha value is -3.33. The number of ether oxygens (including phenoxy) is 2. The van der Waals surface area contributed by atoms with Crippen molar-refractivity contribution in [3.63, 3.8) is 0 Å². The van der Waals surface area contributed by atoms with E-state index in [1.54, 1.807) is 30.3 Å². The van der Waals surface area contributed by atoms with Crippen molar-refractivity contribution in [2.24, 2.45) is 0 Å². The molecule has 0 aliphatic carbocycles. The summed E-state index contributed by atoms with van der Waals surface area (Å²) >= 11 is 0.757. The average molecular weight is 386 g/mol. The second-order valence-electron chi connectivity index (χ2n) is 5.38. The van der Waals surface area contributed by atoms with Crippen LogP contribution < -0.4 is 14.4 Å². The average Bonchev–Trinajstić information content (AvgIpc) is 2.95. The first-order valence-electron chi connectivity index (χ1n) is 7.69. The molecule has 0 radical (unpaired) electrons. The fourth-order valence-corrected chi connectivity index (χ4v) is 3.40. The van der Waals surface area contributed by atoms with Crippen LogP contribution in [0.25, 0.3) is 6.08 Å². The summed E-state index contributed by atoms with van der Waals surface area (Å²) in [6, 6.07) is 11.1. The van der Waals surface area contributed by atoms with Crippen molar-refractivity contribution in [1.29, 1.82) is 0 Å². The monoisotopic (exact) mass is 386 g/mol. The van der Waals surface area contributed by atoms with Gasteiger partial charge in [0.1, 0.15) is 5.75 Å². The Morgan fingerprint density at radius 2 is 1.74 bits per heavy atom. The van der Waals surface area contributed by atoms with E-state index in [1.807, 2.05) is 0 Å². The zero-order valence-corrected chi connectivity index (χ0v) is 15.2. The summed E-state index contributed by atoms with van der Waals surface area (Å²) in [5.74, 6) is -0.188. The highest BCUT2D eigenvalue weighted by Crippen LogP contribution is 2.39. The van der Waals surface area contributed by atoms with Gasteiger partial charge in [-0.15, -0.1) is 0 Å². The van der Waals surface area contributed by atoms with Gasteiger partial charge in [0.2, 0.25) is 5.75 Å². The lowest BCUT2D eigenvalue weighted by Crippen LogP contribution is -2.27. The van der Waals surface area contributed by atoms with E-state index < -0.39 is 16.1 Å². The minimum absolute atomic E-state index is 0.0337. The lowest BCUT2D eigenvalue weighted by atomic mass is 10.1. The lowest BCUT2D eigenvalue weighted by molar-refractivity contribution is -0.385. The van der Waals surface area contributed by atoms with Gasteiger partial charge in [0.15, 0.2) is 0 Å². The Labute approximate surface area is 158 Å². The molecule has 0 unspecified atom stereocenters. The molecule has 1 saturated heterocycles. The molecule has 27 heavy (non-hydrogen) atoms. The minimum atomic E-state index is -0.592. The van der Waals surface area contributed by atoms with E-state index in [2.05, 4.69) is 0 Å². The molecule has 2 amide bonds. The first kappa shape index (κ1) is 18.5. The fourth-order valence-electron chi connectivity index (χ4n) is 2.57. The summed E-state index contributed by atoms with van der Waals surface area (Å²) in [5, 5.41) is 10.8. The number of rotatable bonds is 5. The van der Waals surface area contributed by atoms with Gasteiger partial charge in [0, 0.05) is 17.7 Å². The van der Waals surface area contributed by atoms with Crippen molar-refractivity contribution in [2.75, 3.05) is 19.1 Å². The Kier molecular flexibility index (Phi) is 5.13. The topological polar surface area (TPSA) is 99.0 Å². The molecule has 3 rings (SSSR count). The third kappa shape index (κ3) is 3.49. The van der Waals surface area contributed by atoms with Gasteiger partial charge in [0.25, 0.3) is 11.1 Å². The van der Waals surface area contributed by atoms with Crippen LogP contribution in [0.5, 0.6) is 11.5 Å². The second kappa shape index (κ2) is 7.50. The van der Waals surface area contributed by atoms with E-state index in [0.717, 1.165) is 16.7 Å². The number of para-hydroxylation sites is 1. The summed E-state index contributed by atoms with van der Waals surface area (Å²) in [4.78, 5) is 36.8. The van der Waals surface area contributed by atoms with E-state index in [-0.39, 0.29) is 22.1 Å². The molecule has 1 heterocycles. The van der Waals surface area contributed by atoms with E-state index in [4.69, 9.17) is 9.47 Å². The molecular formula is C18H14N2O6S. The predicted octanol–water partition coefficient (Wildman–Crippen LogP) is 3.85. The standard InChI is InChI=1S/C18H14N2O6S/c1-25-14-10-15(26-2)13(20(23)24)8-11(14)9-16-17(21)19(18(22)27-16)12-6-4-3-5-7-12/h3-10H,1-2H3/b16-9-. The van der Waals surface area contributed by atoms with Crippen molar-refractivity contribution in [1.82, 2.24) is 0 Å². The van der Waals surface area contributed by atoms with Gasteiger partial charge in [-0.3, -0.25) is 19.7 Å². The largest absolute Gasteiger partial charge is 0.496 e. The van der Waals surface area contributed by atoms with Crippen LogP contribution >= 0.6 is 11.8 Å². The number of methoxy groups -OCH3 is 2. The maximum absolute atomic E-state index is 12.7. The number of amides is 2. The molecule has 1 fully saturated rings. The minimum Gasteiger partial charge on any atom is -0.496 e. The summed E-state index contributed by atoms with van der Waals surface area (Å²) < 4.78 is 10.3. The van der Waals surface area contributed by atoms with Gasteiger partial charge in [-0.25, -0.2) is 4.90 Å². The third-order valence-electron chi connectivity index (χ3n) is 3.82. The number of anilines is 1. The summed E-state index contributed by atoms with van der Waals surface area (Å²) in [6.45, 7) is 0. The van der Waals surface area contributed by atoms with Crippen molar-refractivity contribution in [2.45, 2.75) is 0 Å². The zero-order valence-electron chi connectivity index (χ0n) is 14.4. The van der Waals surface area contributed by atoms with Crippen LogP contribution in [0.1, 0.15) is 5.56 Å². The molecule has 1 aliphatic heterocycles. The molecule has 0 aromatic heterocycles. The second-order valence-corrected chi connectivity index (χ2v) is 6.37. The molecule has 138 valence electrons. The molecule has 0 N–H and O–H groups in total. The Balaban J connectivity index is 2.04. The van der Waals surface area contributed by atoms with Crippen molar-refractivity contribution in [3.8, 4) is 11.5 Å². The van der Waals surface area contributed by atoms with Gasteiger partial charge in [0.05, 0.1) is 29.7 Å². The van der Waals surface area contributed by atoms with E-state index in [9.17, 15) is 19.7 Å². The molecule has 9 heteroatoms. The molecule has 0 saturated carbocycles. The Morgan fingerprint density at radius 1 is 1.07 bits per heavy atom. The number of carbonyl (C=O) groups is 2. The van der Waals surface area contributed by atoms with Crippen LogP contribution in [0.4, 0.5) is 16.2 Å². The van der Waals surface area contributed by atoms with Crippen molar-refractivity contribution >= 4 is 40.4 Å². The number of benzene rings is 2. The normalized spacial score (nSPS) is 15.3. The first-order valence-corrected chi connectivity index (χ1v) is 8.51. The van der Waals surface area contributed by atoms with Crippen LogP contribution in [-0.2, 0) is 4.79 Å². The van der Waals surface area contributed by atoms with Gasteiger partial charge in [-0.2, -0.15) is 0 Å². The Morgan fingerprint density at radius 3 is 2.33 bits per heavy atom. The van der Waals surface area contributed by atoms with Gasteiger partial charge in [-0.05, 0) is 30.0 Å². The molecule has 0 spiro atoms. The number of thioether (sulfide) groups is 1. The zero-order chi connectivity index (χ0) is 19.6. The fraction of sp³-hybridized carbons (Fsp3) is 0.111. The first-order chi connectivity index (χ1) is 13.0. The molecule has 0 bridgehead atoms. The maximum Gasteiger partial charge on any atom is 0.311 e. The SMILES string of the molecule is COc1cc(OC)c([N+](=O)[O-])cc1/C=C1\SC(=O)N(c2ccccc2)C1=O. The number of hydrogen-bond donors (Lipinski definition) is 0. The highest BCUT2D eigenvalue weighted by molar-refractivity contribution is 8.19. The number of nitro groups is 1. The number of carbonyl (C=O) groups excluding carboxylic acids is 2. The highest BCUT2D eigenvalue weighted by Gasteiger charge is 2.36. The summed E-state index contributed by atoms with van der Waals surface area (Å²) in [5.41, 5.74) is 0.478. The van der Waals surface area contributed by atoms with E-state index in [0.29, 0.717) is 11.3 Å². The van der Waals surface area contributed by atoms with Gasteiger partial charge in [-0.1, -0.05) is 18.2 Å². The number of imide groups is 1. The van der Waals surface area contributed by atoms with Crippen LogP contribution in [0.3, 0.4) is 0 Å². The molecule has 8 nitrogen and oxygen atoms in total. The van der Waals surface area contributed by atoms with E-state index >= 15 is 0 Å². The number of hydrogen-bond acceptors (Lipinski definition) is 7. The summed E-state index contributed by atoms with van der Waals surface area (Å²) in [6.07, 6.45) is 1.40. The predicted molar refractivity (Wildman–Crippen MR) is 101 cm³/mol. The summed E-state index contributed by atoms with van der Waals surface area (Å²) in [7, 11) is 2.71.